The average molecular weight is 412 g/mol. The number of nitrogens with one attached hydrogen (secondary N) is 3. The number of rotatable bonds is 8. The van der Waals surface area contributed by atoms with Gasteiger partial charge in [0.1, 0.15) is 12.4 Å². The molecule has 0 heterocycles. The highest BCUT2D eigenvalue weighted by atomic mass is 16.5. The third kappa shape index (κ3) is 7.46. The smallest absolute Gasteiger partial charge is 0.253 e. The van der Waals surface area contributed by atoms with Gasteiger partial charge < -0.3 is 25.6 Å². The van der Waals surface area contributed by atoms with Crippen LogP contribution in [0.2, 0.25) is 0 Å². The van der Waals surface area contributed by atoms with Crippen LogP contribution in [0.3, 0.4) is 0 Å². The Hall–Kier alpha value is -3.55. The number of anilines is 1. The second kappa shape index (κ2) is 11.5. The lowest BCUT2D eigenvalue weighted by Gasteiger charge is -2.14. The fourth-order valence-electron chi connectivity index (χ4n) is 2.63. The first kappa shape index (κ1) is 22.7. The van der Waals surface area contributed by atoms with Crippen molar-refractivity contribution in [3.63, 3.8) is 0 Å². The van der Waals surface area contributed by atoms with Crippen LogP contribution in [0.15, 0.2) is 53.5 Å². The van der Waals surface area contributed by atoms with Crippen molar-refractivity contribution in [2.24, 2.45) is 4.99 Å². The Morgan fingerprint density at radius 1 is 1.07 bits per heavy atom. The van der Waals surface area contributed by atoms with Crippen LogP contribution >= 0.6 is 0 Å². The summed E-state index contributed by atoms with van der Waals surface area (Å²) in [5.41, 5.74) is 2.40. The van der Waals surface area contributed by atoms with Gasteiger partial charge in [0.25, 0.3) is 5.91 Å². The van der Waals surface area contributed by atoms with Gasteiger partial charge in [0.05, 0.1) is 6.54 Å². The van der Waals surface area contributed by atoms with Crippen molar-refractivity contribution in [1.82, 2.24) is 15.5 Å². The van der Waals surface area contributed by atoms with E-state index in [4.69, 9.17) is 4.74 Å². The maximum Gasteiger partial charge on any atom is 0.253 e. The second-order valence-electron chi connectivity index (χ2n) is 6.81. The summed E-state index contributed by atoms with van der Waals surface area (Å²) in [5, 5.41) is 9.14. The highest BCUT2D eigenvalue weighted by Crippen LogP contribution is 2.17. The molecule has 0 aromatic heterocycles. The average Bonchev–Trinajstić information content (AvgIpc) is 2.73. The highest BCUT2D eigenvalue weighted by Gasteiger charge is 2.07. The summed E-state index contributed by atoms with van der Waals surface area (Å²) in [4.78, 5) is 28.8. The third-order valence-corrected chi connectivity index (χ3v) is 4.11. The molecule has 0 saturated carbocycles. The summed E-state index contributed by atoms with van der Waals surface area (Å²) in [6, 6.07) is 14.7. The van der Waals surface area contributed by atoms with Gasteiger partial charge in [-0.05, 0) is 29.8 Å². The minimum atomic E-state index is -0.123. The zero-order chi connectivity index (χ0) is 21.9. The molecule has 0 atom stereocenters. The molecule has 30 heavy (non-hydrogen) atoms. The van der Waals surface area contributed by atoms with Crippen molar-refractivity contribution in [2.75, 3.05) is 39.6 Å². The number of benzene rings is 2. The highest BCUT2D eigenvalue weighted by molar-refractivity contribution is 5.93. The van der Waals surface area contributed by atoms with Crippen molar-refractivity contribution in [3.05, 3.63) is 59.7 Å². The van der Waals surface area contributed by atoms with Gasteiger partial charge >= 0.3 is 0 Å². The molecule has 0 aliphatic heterocycles. The SMILES string of the molecule is CN=C(NCCOc1cccc(NC(C)=O)c1)NCc1ccc(C(=O)N(C)C)cc1. The van der Waals surface area contributed by atoms with E-state index in [1.807, 2.05) is 36.4 Å². The van der Waals surface area contributed by atoms with Crippen molar-refractivity contribution in [3.8, 4) is 5.75 Å². The van der Waals surface area contributed by atoms with Gasteiger partial charge in [0.2, 0.25) is 5.91 Å². The fourth-order valence-corrected chi connectivity index (χ4v) is 2.63. The standard InChI is InChI=1S/C22H29N5O3/c1-16(28)26-19-6-5-7-20(14-19)30-13-12-24-22(23-2)25-15-17-8-10-18(11-9-17)21(29)27(3)4/h5-11,14H,12-13,15H2,1-4H3,(H,26,28)(H2,23,24,25). The molecular weight excluding hydrogens is 382 g/mol. The summed E-state index contributed by atoms with van der Waals surface area (Å²) < 4.78 is 5.71. The molecular formula is C22H29N5O3. The zero-order valence-electron chi connectivity index (χ0n) is 17.9. The summed E-state index contributed by atoms with van der Waals surface area (Å²) in [6.07, 6.45) is 0. The molecule has 2 aromatic carbocycles. The Balaban J connectivity index is 1.75. The van der Waals surface area contributed by atoms with E-state index in [9.17, 15) is 9.59 Å². The quantitative estimate of drug-likeness (QED) is 0.351. The molecule has 2 aromatic rings. The molecule has 0 saturated heterocycles. The number of carbonyl (C=O) groups is 2. The van der Waals surface area contributed by atoms with Gasteiger partial charge in [-0.3, -0.25) is 14.6 Å². The number of nitrogens with zero attached hydrogens (tertiary/aromatic N) is 2. The summed E-state index contributed by atoms with van der Waals surface area (Å²) in [5.74, 6) is 1.19. The first-order chi connectivity index (χ1) is 14.4. The molecule has 160 valence electrons. The maximum absolute atomic E-state index is 11.9. The molecule has 2 rings (SSSR count). The maximum atomic E-state index is 11.9. The van der Waals surface area contributed by atoms with Gasteiger partial charge in [-0.1, -0.05) is 18.2 Å². The lowest BCUT2D eigenvalue weighted by molar-refractivity contribution is -0.114. The zero-order valence-corrected chi connectivity index (χ0v) is 17.9. The monoisotopic (exact) mass is 411 g/mol. The molecule has 0 fully saturated rings. The second-order valence-corrected chi connectivity index (χ2v) is 6.81. The Kier molecular flexibility index (Phi) is 8.68. The van der Waals surface area contributed by atoms with Crippen molar-refractivity contribution in [1.29, 1.82) is 0 Å². The number of amides is 2. The van der Waals surface area contributed by atoms with Crippen molar-refractivity contribution in [2.45, 2.75) is 13.5 Å². The lowest BCUT2D eigenvalue weighted by Crippen LogP contribution is -2.38. The number of guanidine groups is 1. The Morgan fingerprint density at radius 3 is 2.43 bits per heavy atom. The van der Waals surface area contributed by atoms with Gasteiger partial charge in [0.15, 0.2) is 5.96 Å². The van der Waals surface area contributed by atoms with Crippen LogP contribution in [0.4, 0.5) is 5.69 Å². The molecule has 0 aliphatic rings. The van der Waals surface area contributed by atoms with Crippen LogP contribution in [-0.4, -0.2) is 57.0 Å². The summed E-state index contributed by atoms with van der Waals surface area (Å²) >= 11 is 0. The van der Waals surface area contributed by atoms with E-state index in [0.29, 0.717) is 42.7 Å². The first-order valence-corrected chi connectivity index (χ1v) is 9.64. The van der Waals surface area contributed by atoms with Gasteiger partial charge in [0, 0.05) is 51.9 Å². The first-order valence-electron chi connectivity index (χ1n) is 9.64. The van der Waals surface area contributed by atoms with Crippen molar-refractivity contribution >= 4 is 23.5 Å². The summed E-state index contributed by atoms with van der Waals surface area (Å²) in [6.45, 7) is 3.04. The van der Waals surface area contributed by atoms with Crippen LogP contribution < -0.4 is 20.7 Å². The Morgan fingerprint density at radius 2 is 1.80 bits per heavy atom. The molecule has 8 heteroatoms. The van der Waals surface area contributed by atoms with Gasteiger partial charge in [-0.2, -0.15) is 0 Å². The topological polar surface area (TPSA) is 95.1 Å². The molecule has 8 nitrogen and oxygen atoms in total. The number of hydrogen-bond donors (Lipinski definition) is 3. The molecule has 2 amide bonds. The van der Waals surface area contributed by atoms with E-state index >= 15 is 0 Å². The molecule has 0 unspecified atom stereocenters. The van der Waals surface area contributed by atoms with Crippen molar-refractivity contribution < 1.29 is 14.3 Å². The summed E-state index contributed by atoms with van der Waals surface area (Å²) in [7, 11) is 5.17. The largest absolute Gasteiger partial charge is 0.492 e. The molecule has 3 N–H and O–H groups in total. The van der Waals surface area contributed by atoms with Crippen LogP contribution in [0.5, 0.6) is 5.75 Å². The van der Waals surface area contributed by atoms with E-state index in [2.05, 4.69) is 20.9 Å². The normalized spacial score (nSPS) is 10.9. The van der Waals surface area contributed by atoms with E-state index in [1.165, 1.54) is 6.92 Å². The third-order valence-electron chi connectivity index (χ3n) is 4.11. The predicted molar refractivity (Wildman–Crippen MR) is 119 cm³/mol. The van der Waals surface area contributed by atoms with Crippen LogP contribution in [0, 0.1) is 0 Å². The Bertz CT molecular complexity index is 879. The van der Waals surface area contributed by atoms with E-state index in [0.717, 1.165) is 5.56 Å². The predicted octanol–water partition coefficient (Wildman–Crippen LogP) is 2.09. The lowest BCUT2D eigenvalue weighted by atomic mass is 10.1. The Labute approximate surface area is 177 Å². The molecule has 0 spiro atoms. The van der Waals surface area contributed by atoms with E-state index in [1.54, 1.807) is 38.2 Å². The van der Waals surface area contributed by atoms with E-state index < -0.39 is 0 Å². The van der Waals surface area contributed by atoms with Crippen LogP contribution in [0.1, 0.15) is 22.8 Å². The molecule has 0 aliphatic carbocycles. The minimum Gasteiger partial charge on any atom is -0.492 e. The fraction of sp³-hybridized carbons (Fsp3) is 0.318. The van der Waals surface area contributed by atoms with Gasteiger partial charge in [-0.25, -0.2) is 0 Å². The number of carbonyl (C=O) groups excluding carboxylic acids is 2. The number of aliphatic imine (C=N–C) groups is 1. The van der Waals surface area contributed by atoms with E-state index in [-0.39, 0.29) is 11.8 Å². The van der Waals surface area contributed by atoms with Gasteiger partial charge in [-0.15, -0.1) is 0 Å². The molecule has 0 radical (unpaired) electrons. The minimum absolute atomic E-state index is 0.0189. The number of hydrogen-bond acceptors (Lipinski definition) is 4. The van der Waals surface area contributed by atoms with Crippen LogP contribution in [-0.2, 0) is 11.3 Å². The van der Waals surface area contributed by atoms with Crippen LogP contribution in [0.25, 0.3) is 0 Å². The number of ether oxygens (including phenoxy) is 1. The molecule has 0 bridgehead atoms.